The van der Waals surface area contributed by atoms with Crippen LogP contribution in [0.25, 0.3) is 0 Å². The molecule has 0 unspecified atom stereocenters. The molecule has 3 heteroatoms. The second-order valence-corrected chi connectivity index (χ2v) is 1.80. The predicted molar refractivity (Wildman–Crippen MR) is 29.8 cm³/mol. The number of hydrogen-bond acceptors (Lipinski definition) is 2. The van der Waals surface area contributed by atoms with Gasteiger partial charge in [0.15, 0.2) is 0 Å². The van der Waals surface area contributed by atoms with Crippen LogP contribution in [0.1, 0.15) is 13.8 Å². The first kappa shape index (κ1) is 7.43. The van der Waals surface area contributed by atoms with E-state index in [0.717, 1.165) is 0 Å². The van der Waals surface area contributed by atoms with E-state index in [9.17, 15) is 4.79 Å². The summed E-state index contributed by atoms with van der Waals surface area (Å²) >= 11 is 0. The molecule has 0 spiro atoms. The van der Waals surface area contributed by atoms with Crippen LogP contribution in [-0.2, 0) is 4.79 Å². The van der Waals surface area contributed by atoms with Gasteiger partial charge in [-0.2, -0.15) is 0 Å². The molecule has 0 rings (SSSR count). The lowest BCUT2D eigenvalue weighted by Gasteiger charge is -2.14. The highest BCUT2D eigenvalue weighted by atomic mass is 16.3. The van der Waals surface area contributed by atoms with Crippen molar-refractivity contribution in [2.24, 2.45) is 5.73 Å². The van der Waals surface area contributed by atoms with Gasteiger partial charge >= 0.3 is 0 Å². The number of amides is 1. The van der Waals surface area contributed by atoms with Gasteiger partial charge in [0.05, 0.1) is 0 Å². The minimum atomic E-state index is -1.44. The zero-order valence-corrected chi connectivity index (χ0v) is 5.01. The molecule has 1 amide bonds. The van der Waals surface area contributed by atoms with Crippen molar-refractivity contribution in [3.05, 3.63) is 6.42 Å². The fourth-order valence-electron chi connectivity index (χ4n) is 0.142. The summed E-state index contributed by atoms with van der Waals surface area (Å²) in [4.78, 5) is 10.2. The lowest BCUT2D eigenvalue weighted by Crippen LogP contribution is -2.40. The third kappa shape index (κ3) is 1.50. The molecule has 0 bridgehead atoms. The summed E-state index contributed by atoms with van der Waals surface area (Å²) in [5.74, 6) is -0.722. The van der Waals surface area contributed by atoms with E-state index in [2.05, 4.69) is 0 Å². The first-order valence-electron chi connectivity index (χ1n) is 2.33. The van der Waals surface area contributed by atoms with E-state index in [4.69, 9.17) is 10.8 Å². The standard InChI is InChI=1S/C5H10NO2/c1-3-5(2,8)4(6)7/h3,8H,1-2H3,(H2,6,7)/t5-/m1/s1. The van der Waals surface area contributed by atoms with E-state index < -0.39 is 11.5 Å². The zero-order chi connectivity index (χ0) is 6.78. The minimum Gasteiger partial charge on any atom is -0.380 e. The summed E-state index contributed by atoms with van der Waals surface area (Å²) in [6, 6.07) is 0. The average Bonchev–Trinajstić information content (AvgIpc) is 1.67. The Kier molecular flexibility index (Phi) is 1.98. The minimum absolute atomic E-state index is 0.722. The number of hydrogen-bond donors (Lipinski definition) is 2. The van der Waals surface area contributed by atoms with E-state index in [1.54, 1.807) is 6.92 Å². The molecule has 3 nitrogen and oxygen atoms in total. The van der Waals surface area contributed by atoms with Crippen LogP contribution in [0.4, 0.5) is 0 Å². The summed E-state index contributed by atoms with van der Waals surface area (Å²) in [6.45, 7) is 2.92. The maximum absolute atomic E-state index is 10.2. The Labute approximate surface area is 48.5 Å². The fraction of sp³-hybridized carbons (Fsp3) is 0.600. The third-order valence-corrected chi connectivity index (χ3v) is 1.06. The first-order chi connectivity index (χ1) is 3.50. The van der Waals surface area contributed by atoms with Gasteiger partial charge in [-0.05, 0) is 13.3 Å². The smallest absolute Gasteiger partial charge is 0.249 e. The van der Waals surface area contributed by atoms with E-state index >= 15 is 0 Å². The van der Waals surface area contributed by atoms with Crippen molar-refractivity contribution in [3.63, 3.8) is 0 Å². The molecule has 0 saturated heterocycles. The second kappa shape index (κ2) is 2.13. The maximum Gasteiger partial charge on any atom is 0.249 e. The van der Waals surface area contributed by atoms with Crippen molar-refractivity contribution in [3.8, 4) is 0 Å². The topological polar surface area (TPSA) is 63.3 Å². The molecule has 0 aliphatic rings. The highest BCUT2D eigenvalue weighted by Crippen LogP contribution is 2.03. The molecule has 0 fully saturated rings. The molecule has 0 saturated carbocycles. The van der Waals surface area contributed by atoms with Crippen LogP contribution < -0.4 is 5.73 Å². The molecule has 0 aliphatic carbocycles. The van der Waals surface area contributed by atoms with E-state index in [0.29, 0.717) is 0 Å². The van der Waals surface area contributed by atoms with Gasteiger partial charge in [0.1, 0.15) is 5.60 Å². The molecule has 0 heterocycles. The van der Waals surface area contributed by atoms with Gasteiger partial charge in [0.25, 0.3) is 0 Å². The van der Waals surface area contributed by atoms with Crippen LogP contribution in [0.15, 0.2) is 0 Å². The Bertz CT molecular complexity index is 98.6. The molecular weight excluding hydrogens is 106 g/mol. The SMILES string of the molecule is C[CH][C@@](C)(O)C(N)=O. The van der Waals surface area contributed by atoms with Gasteiger partial charge < -0.3 is 10.8 Å². The van der Waals surface area contributed by atoms with E-state index in [-0.39, 0.29) is 0 Å². The van der Waals surface area contributed by atoms with Crippen molar-refractivity contribution >= 4 is 5.91 Å². The van der Waals surface area contributed by atoms with Gasteiger partial charge in [0, 0.05) is 0 Å². The van der Waals surface area contributed by atoms with Crippen molar-refractivity contribution in [2.45, 2.75) is 19.4 Å². The van der Waals surface area contributed by atoms with Crippen molar-refractivity contribution < 1.29 is 9.90 Å². The highest BCUT2D eigenvalue weighted by Gasteiger charge is 2.24. The quantitative estimate of drug-likeness (QED) is 0.508. The maximum atomic E-state index is 10.2. The van der Waals surface area contributed by atoms with Gasteiger partial charge in [-0.15, -0.1) is 0 Å². The number of nitrogens with two attached hydrogens (primary N) is 1. The van der Waals surface area contributed by atoms with Crippen molar-refractivity contribution in [1.29, 1.82) is 0 Å². The fourth-order valence-corrected chi connectivity index (χ4v) is 0.142. The van der Waals surface area contributed by atoms with E-state index in [1.807, 2.05) is 0 Å². The summed E-state index contributed by atoms with van der Waals surface area (Å²) in [7, 11) is 0. The molecule has 0 aromatic heterocycles. The molecule has 47 valence electrons. The normalized spacial score (nSPS) is 17.4. The molecule has 0 aliphatic heterocycles. The average molecular weight is 116 g/mol. The van der Waals surface area contributed by atoms with Crippen LogP contribution >= 0.6 is 0 Å². The molecule has 1 atom stereocenters. The van der Waals surface area contributed by atoms with E-state index in [1.165, 1.54) is 13.3 Å². The highest BCUT2D eigenvalue weighted by molar-refractivity contribution is 5.84. The van der Waals surface area contributed by atoms with Gasteiger partial charge in [-0.1, -0.05) is 6.92 Å². The second-order valence-electron chi connectivity index (χ2n) is 1.80. The van der Waals surface area contributed by atoms with Gasteiger partial charge in [0.2, 0.25) is 5.91 Å². The monoisotopic (exact) mass is 116 g/mol. The van der Waals surface area contributed by atoms with Crippen molar-refractivity contribution in [1.82, 2.24) is 0 Å². The molecule has 8 heavy (non-hydrogen) atoms. The van der Waals surface area contributed by atoms with Gasteiger partial charge in [-0.25, -0.2) is 0 Å². The largest absolute Gasteiger partial charge is 0.380 e. The van der Waals surface area contributed by atoms with Gasteiger partial charge in [-0.3, -0.25) is 4.79 Å². The Hall–Kier alpha value is -0.570. The number of rotatable bonds is 2. The summed E-state index contributed by atoms with van der Waals surface area (Å²) < 4.78 is 0. The Morgan fingerprint density at radius 2 is 2.25 bits per heavy atom. The van der Waals surface area contributed by atoms with Crippen LogP contribution in [0.5, 0.6) is 0 Å². The molecule has 0 aromatic carbocycles. The lowest BCUT2D eigenvalue weighted by atomic mass is 10.0. The molecule has 0 aromatic rings. The number of carbonyl (C=O) groups is 1. The summed E-state index contributed by atoms with van der Waals surface area (Å²) in [6.07, 6.45) is 1.34. The third-order valence-electron chi connectivity index (χ3n) is 1.06. The first-order valence-corrected chi connectivity index (χ1v) is 2.33. The van der Waals surface area contributed by atoms with Crippen LogP contribution in [0.3, 0.4) is 0 Å². The number of aliphatic hydroxyl groups is 1. The lowest BCUT2D eigenvalue weighted by molar-refractivity contribution is -0.131. The Morgan fingerprint density at radius 1 is 1.88 bits per heavy atom. The predicted octanol–water partition coefficient (Wildman–Crippen LogP) is -0.553. The number of primary amides is 1. The van der Waals surface area contributed by atoms with Crippen LogP contribution in [0, 0.1) is 6.42 Å². The Balaban J connectivity index is 3.91. The van der Waals surface area contributed by atoms with Crippen LogP contribution in [-0.4, -0.2) is 16.6 Å². The Morgan fingerprint density at radius 3 is 2.25 bits per heavy atom. The molecule has 3 N–H and O–H groups in total. The van der Waals surface area contributed by atoms with Crippen LogP contribution in [0.2, 0.25) is 0 Å². The molecule has 1 radical (unpaired) electrons. The molecular formula is C5H10NO2. The van der Waals surface area contributed by atoms with Crippen molar-refractivity contribution in [2.75, 3.05) is 0 Å². The zero-order valence-electron chi connectivity index (χ0n) is 5.01. The number of carbonyl (C=O) groups excluding carboxylic acids is 1. The summed E-state index contributed by atoms with van der Waals surface area (Å²) in [5, 5.41) is 8.87. The summed E-state index contributed by atoms with van der Waals surface area (Å²) in [5.41, 5.74) is 3.32.